The lowest BCUT2D eigenvalue weighted by Gasteiger charge is -2.23. The molecule has 0 aliphatic carbocycles. The highest BCUT2D eigenvalue weighted by molar-refractivity contribution is 6.04. The van der Waals surface area contributed by atoms with E-state index in [1.54, 1.807) is 6.20 Å². The lowest BCUT2D eigenvalue weighted by Crippen LogP contribution is -2.25. The summed E-state index contributed by atoms with van der Waals surface area (Å²) in [5, 5.41) is 2.97. The van der Waals surface area contributed by atoms with Crippen LogP contribution in [0.1, 0.15) is 50.9 Å². The summed E-state index contributed by atoms with van der Waals surface area (Å²) >= 11 is 0. The molecule has 146 valence electrons. The number of rotatable bonds is 10. The second-order valence-electron chi connectivity index (χ2n) is 6.59. The molecule has 0 bridgehead atoms. The van der Waals surface area contributed by atoms with Crippen molar-refractivity contribution in [3.63, 3.8) is 0 Å². The number of carbonyl (C=O) groups excluding carboxylic acids is 1. The molecule has 5 heteroatoms. The minimum absolute atomic E-state index is 0.132. The molecule has 27 heavy (non-hydrogen) atoms. The van der Waals surface area contributed by atoms with E-state index in [1.165, 1.54) is 0 Å². The van der Waals surface area contributed by atoms with Crippen LogP contribution in [0.5, 0.6) is 0 Å². The Balaban J connectivity index is 2.10. The monoisotopic (exact) mass is 368 g/mol. The zero-order valence-corrected chi connectivity index (χ0v) is 17.0. The van der Waals surface area contributed by atoms with Gasteiger partial charge in [-0.2, -0.15) is 0 Å². The Labute approximate surface area is 163 Å². The Bertz CT molecular complexity index is 705. The van der Waals surface area contributed by atoms with Gasteiger partial charge >= 0.3 is 0 Å². The third-order valence-corrected chi connectivity index (χ3v) is 4.59. The topological polar surface area (TPSA) is 48.5 Å². The Morgan fingerprint density at radius 2 is 1.52 bits per heavy atom. The zero-order chi connectivity index (χ0) is 19.6. The Hall–Kier alpha value is -2.56. The van der Waals surface area contributed by atoms with Crippen LogP contribution in [0.3, 0.4) is 0 Å². The van der Waals surface area contributed by atoms with E-state index < -0.39 is 0 Å². The molecule has 1 N–H and O–H groups in total. The fraction of sp³-hybridized carbons (Fsp3) is 0.455. The highest BCUT2D eigenvalue weighted by Gasteiger charge is 2.11. The zero-order valence-electron chi connectivity index (χ0n) is 17.0. The van der Waals surface area contributed by atoms with E-state index in [0.29, 0.717) is 5.56 Å². The van der Waals surface area contributed by atoms with E-state index in [2.05, 4.69) is 47.8 Å². The number of carbonyl (C=O) groups is 1. The largest absolute Gasteiger partial charge is 0.372 e. The van der Waals surface area contributed by atoms with Crippen LogP contribution < -0.4 is 15.1 Å². The average molecular weight is 369 g/mol. The summed E-state index contributed by atoms with van der Waals surface area (Å²) in [5.74, 6) is -0.132. The predicted octanol–water partition coefficient (Wildman–Crippen LogP) is 4.81. The smallest absolute Gasteiger partial charge is 0.257 e. The summed E-state index contributed by atoms with van der Waals surface area (Å²) in [6.45, 7) is 12.5. The quantitative estimate of drug-likeness (QED) is 0.654. The standard InChI is InChI=1S/C22H32N4O/c1-5-13-26(14-6-2)21-15-18(16-23-17-21)22(27)24-19-9-11-20(12-10-19)25(7-3)8-4/h9-12,15-17H,5-8,13-14H2,1-4H3,(H,24,27). The van der Waals surface area contributed by atoms with E-state index in [1.807, 2.05) is 36.5 Å². The molecule has 5 nitrogen and oxygen atoms in total. The number of pyridine rings is 1. The first kappa shape index (κ1) is 20.7. The molecule has 0 fully saturated rings. The van der Waals surface area contributed by atoms with Gasteiger partial charge in [-0.1, -0.05) is 13.8 Å². The highest BCUT2D eigenvalue weighted by atomic mass is 16.1. The molecule has 0 spiro atoms. The van der Waals surface area contributed by atoms with E-state index in [9.17, 15) is 4.79 Å². The number of hydrogen-bond donors (Lipinski definition) is 1. The maximum atomic E-state index is 12.7. The van der Waals surface area contributed by atoms with Crippen LogP contribution in [-0.2, 0) is 0 Å². The minimum Gasteiger partial charge on any atom is -0.372 e. The maximum absolute atomic E-state index is 12.7. The Kier molecular flexibility index (Phi) is 8.11. The molecule has 1 amide bonds. The van der Waals surface area contributed by atoms with Crippen LogP contribution in [0.4, 0.5) is 17.1 Å². The van der Waals surface area contributed by atoms with Gasteiger partial charge in [0.05, 0.1) is 17.4 Å². The van der Waals surface area contributed by atoms with Gasteiger partial charge in [-0.15, -0.1) is 0 Å². The van der Waals surface area contributed by atoms with Gasteiger partial charge in [0.1, 0.15) is 0 Å². The van der Waals surface area contributed by atoms with Gasteiger partial charge in [0.25, 0.3) is 5.91 Å². The van der Waals surface area contributed by atoms with Crippen LogP contribution >= 0.6 is 0 Å². The van der Waals surface area contributed by atoms with Crippen molar-refractivity contribution in [3.8, 4) is 0 Å². The van der Waals surface area contributed by atoms with Crippen LogP contribution in [-0.4, -0.2) is 37.1 Å². The molecule has 2 rings (SSSR count). The molecule has 1 aromatic carbocycles. The van der Waals surface area contributed by atoms with Crippen molar-refractivity contribution in [2.24, 2.45) is 0 Å². The summed E-state index contributed by atoms with van der Waals surface area (Å²) in [6.07, 6.45) is 5.59. The van der Waals surface area contributed by atoms with Crippen molar-refractivity contribution in [3.05, 3.63) is 48.3 Å². The van der Waals surface area contributed by atoms with Crippen molar-refractivity contribution in [1.82, 2.24) is 4.98 Å². The average Bonchev–Trinajstić information content (AvgIpc) is 2.70. The number of anilines is 3. The predicted molar refractivity (Wildman–Crippen MR) is 115 cm³/mol. The van der Waals surface area contributed by atoms with Crippen LogP contribution in [0.25, 0.3) is 0 Å². The minimum atomic E-state index is -0.132. The lowest BCUT2D eigenvalue weighted by atomic mass is 10.2. The summed E-state index contributed by atoms with van der Waals surface area (Å²) in [7, 11) is 0. The number of benzene rings is 1. The van der Waals surface area contributed by atoms with Crippen LogP contribution in [0, 0.1) is 0 Å². The number of hydrogen-bond acceptors (Lipinski definition) is 4. The van der Waals surface area contributed by atoms with Gasteiger partial charge in [-0.25, -0.2) is 0 Å². The second kappa shape index (κ2) is 10.6. The van der Waals surface area contributed by atoms with Gasteiger partial charge in [0.2, 0.25) is 0 Å². The molecular formula is C22H32N4O. The van der Waals surface area contributed by atoms with Gasteiger partial charge in [-0.3, -0.25) is 9.78 Å². The molecule has 0 saturated heterocycles. The molecule has 0 saturated carbocycles. The third-order valence-electron chi connectivity index (χ3n) is 4.59. The molecule has 0 unspecified atom stereocenters. The summed E-state index contributed by atoms with van der Waals surface area (Å²) in [4.78, 5) is 21.5. The van der Waals surface area contributed by atoms with E-state index in [-0.39, 0.29) is 5.91 Å². The van der Waals surface area contributed by atoms with Crippen molar-refractivity contribution >= 4 is 23.0 Å². The number of nitrogens with zero attached hydrogens (tertiary/aromatic N) is 3. The highest BCUT2D eigenvalue weighted by Crippen LogP contribution is 2.20. The van der Waals surface area contributed by atoms with E-state index in [0.717, 1.165) is 56.1 Å². The van der Waals surface area contributed by atoms with E-state index >= 15 is 0 Å². The molecule has 0 radical (unpaired) electrons. The fourth-order valence-corrected chi connectivity index (χ4v) is 3.18. The van der Waals surface area contributed by atoms with Gasteiger partial charge in [-0.05, 0) is 57.0 Å². The molecule has 2 aromatic rings. The van der Waals surface area contributed by atoms with Crippen molar-refractivity contribution < 1.29 is 4.79 Å². The molecule has 1 heterocycles. The maximum Gasteiger partial charge on any atom is 0.257 e. The SMILES string of the molecule is CCCN(CCC)c1cncc(C(=O)Nc2ccc(N(CC)CC)cc2)c1. The first-order valence-corrected chi connectivity index (χ1v) is 9.99. The number of amides is 1. The van der Waals surface area contributed by atoms with E-state index in [4.69, 9.17) is 0 Å². The fourth-order valence-electron chi connectivity index (χ4n) is 3.18. The van der Waals surface area contributed by atoms with Gasteiger partial charge < -0.3 is 15.1 Å². The van der Waals surface area contributed by atoms with Crippen LogP contribution in [0.2, 0.25) is 0 Å². The lowest BCUT2D eigenvalue weighted by molar-refractivity contribution is 0.102. The van der Waals surface area contributed by atoms with Crippen molar-refractivity contribution in [1.29, 1.82) is 0 Å². The molecule has 0 aliphatic rings. The van der Waals surface area contributed by atoms with Gasteiger partial charge in [0.15, 0.2) is 0 Å². The third kappa shape index (κ3) is 5.71. The Morgan fingerprint density at radius 1 is 0.889 bits per heavy atom. The summed E-state index contributed by atoms with van der Waals surface area (Å²) in [6, 6.07) is 9.91. The first-order valence-electron chi connectivity index (χ1n) is 9.99. The van der Waals surface area contributed by atoms with Crippen molar-refractivity contribution in [2.45, 2.75) is 40.5 Å². The number of nitrogens with one attached hydrogen (secondary N) is 1. The molecular weight excluding hydrogens is 336 g/mol. The molecule has 0 aliphatic heterocycles. The Morgan fingerprint density at radius 3 is 2.07 bits per heavy atom. The first-order chi connectivity index (χ1) is 13.1. The van der Waals surface area contributed by atoms with Gasteiger partial charge in [0, 0.05) is 43.8 Å². The molecule has 0 atom stereocenters. The summed E-state index contributed by atoms with van der Waals surface area (Å²) < 4.78 is 0. The normalized spacial score (nSPS) is 10.5. The molecule has 1 aromatic heterocycles. The van der Waals surface area contributed by atoms with Crippen LogP contribution in [0.15, 0.2) is 42.7 Å². The van der Waals surface area contributed by atoms with Crippen molar-refractivity contribution in [2.75, 3.05) is 41.3 Å². The second-order valence-corrected chi connectivity index (χ2v) is 6.59. The number of aromatic nitrogens is 1. The summed E-state index contributed by atoms with van der Waals surface area (Å²) in [5.41, 5.74) is 3.54.